The van der Waals surface area contributed by atoms with E-state index < -0.39 is 0 Å². The average molecular weight is 528 g/mol. The monoisotopic (exact) mass is 528 g/mol. The molecule has 0 atom stereocenters. The van der Waals surface area contributed by atoms with E-state index in [1.54, 1.807) is 6.33 Å². The van der Waals surface area contributed by atoms with Crippen molar-refractivity contribution in [3.63, 3.8) is 0 Å². The minimum atomic E-state index is 0. The summed E-state index contributed by atoms with van der Waals surface area (Å²) < 4.78 is 13.4. The van der Waals surface area contributed by atoms with Gasteiger partial charge in [-0.15, -0.1) is 34.2 Å². The molecule has 8 nitrogen and oxygen atoms in total. The van der Waals surface area contributed by atoms with Crippen LogP contribution in [-0.4, -0.2) is 59.0 Å². The van der Waals surface area contributed by atoms with Crippen LogP contribution in [0.25, 0.3) is 0 Å². The van der Waals surface area contributed by atoms with Crippen molar-refractivity contribution in [1.29, 1.82) is 0 Å². The summed E-state index contributed by atoms with van der Waals surface area (Å²) in [6.07, 6.45) is 2.66. The highest BCUT2D eigenvalue weighted by atomic mass is 127. The normalized spacial score (nSPS) is 13.2. The lowest BCUT2D eigenvalue weighted by Crippen LogP contribution is -2.40. The predicted molar refractivity (Wildman–Crippen MR) is 129 cm³/mol. The quantitative estimate of drug-likeness (QED) is 0.323. The average Bonchev–Trinajstić information content (AvgIpc) is 3.17. The fourth-order valence-electron chi connectivity index (χ4n) is 3.14. The van der Waals surface area contributed by atoms with Crippen molar-refractivity contribution in [3.05, 3.63) is 35.9 Å². The minimum Gasteiger partial charge on any atom is -0.486 e. The second kappa shape index (κ2) is 12.0. The Morgan fingerprint density at radius 3 is 2.77 bits per heavy atom. The third-order valence-electron chi connectivity index (χ3n) is 4.64. The molecule has 3 rings (SSSR count). The lowest BCUT2D eigenvalue weighted by molar-refractivity contribution is 0.171. The molecule has 0 spiro atoms. The van der Waals surface area contributed by atoms with Crippen molar-refractivity contribution in [2.24, 2.45) is 10.9 Å². The fourth-order valence-corrected chi connectivity index (χ4v) is 3.14. The summed E-state index contributed by atoms with van der Waals surface area (Å²) in [5.41, 5.74) is 1.16. The van der Waals surface area contributed by atoms with Crippen molar-refractivity contribution in [3.8, 4) is 11.5 Å². The number of benzene rings is 1. The second-order valence-corrected chi connectivity index (χ2v) is 7.61. The van der Waals surface area contributed by atoms with E-state index in [4.69, 9.17) is 14.5 Å². The minimum absolute atomic E-state index is 0. The molecule has 30 heavy (non-hydrogen) atoms. The van der Waals surface area contributed by atoms with Gasteiger partial charge in [-0.3, -0.25) is 4.99 Å². The molecule has 0 unspecified atom stereocenters. The maximum Gasteiger partial charge on any atom is 0.194 e. The van der Waals surface area contributed by atoms with Gasteiger partial charge in [0.15, 0.2) is 17.5 Å². The molecule has 0 aliphatic carbocycles. The number of nitrogens with zero attached hydrogens (tertiary/aromatic N) is 5. The Bertz CT molecular complexity index is 824. The molecule has 1 aliphatic rings. The van der Waals surface area contributed by atoms with Gasteiger partial charge < -0.3 is 24.3 Å². The van der Waals surface area contributed by atoms with Crippen LogP contribution in [0, 0.1) is 5.92 Å². The van der Waals surface area contributed by atoms with Crippen LogP contribution < -0.4 is 14.8 Å². The molecule has 0 amide bonds. The highest BCUT2D eigenvalue weighted by molar-refractivity contribution is 14.0. The molecule has 0 fully saturated rings. The van der Waals surface area contributed by atoms with E-state index in [0.29, 0.717) is 19.1 Å². The Labute approximate surface area is 196 Å². The molecular weight excluding hydrogens is 495 g/mol. The molecule has 166 valence electrons. The van der Waals surface area contributed by atoms with Crippen LogP contribution >= 0.6 is 24.0 Å². The number of guanidine groups is 1. The molecule has 0 bridgehead atoms. The molecule has 9 heteroatoms. The number of fused-ring (bicyclic) bond motifs is 1. The Morgan fingerprint density at radius 2 is 2.03 bits per heavy atom. The number of rotatable bonds is 8. The molecular formula is C21H33IN6O2. The Hall–Kier alpha value is -2.04. The first-order chi connectivity index (χ1) is 14.1. The van der Waals surface area contributed by atoms with Crippen LogP contribution in [0.2, 0.25) is 0 Å². The molecule has 1 aromatic carbocycles. The van der Waals surface area contributed by atoms with Crippen LogP contribution in [0.15, 0.2) is 29.5 Å². The Kier molecular flexibility index (Phi) is 9.67. The SMILES string of the molecule is CCc1nncn1CCNC(=NCC(C)C)N(C)Cc1ccc2c(c1)OCCO2.I. The summed E-state index contributed by atoms with van der Waals surface area (Å²) in [5.74, 6) is 4.02. The fraction of sp³-hybridized carbons (Fsp3) is 0.571. The smallest absolute Gasteiger partial charge is 0.194 e. The zero-order valence-corrected chi connectivity index (χ0v) is 20.6. The zero-order chi connectivity index (χ0) is 20.6. The van der Waals surface area contributed by atoms with E-state index in [1.807, 2.05) is 6.07 Å². The molecule has 0 radical (unpaired) electrons. The van der Waals surface area contributed by atoms with E-state index >= 15 is 0 Å². The molecule has 1 N–H and O–H groups in total. The lowest BCUT2D eigenvalue weighted by atomic mass is 10.2. The van der Waals surface area contributed by atoms with E-state index in [1.165, 1.54) is 0 Å². The van der Waals surface area contributed by atoms with Gasteiger partial charge in [-0.2, -0.15) is 0 Å². The summed E-state index contributed by atoms with van der Waals surface area (Å²) in [6, 6.07) is 6.11. The van der Waals surface area contributed by atoms with Crippen molar-refractivity contribution in [1.82, 2.24) is 25.0 Å². The molecule has 1 aliphatic heterocycles. The number of aliphatic imine (C=N–C) groups is 1. The number of nitrogens with one attached hydrogen (secondary N) is 1. The largest absolute Gasteiger partial charge is 0.486 e. The van der Waals surface area contributed by atoms with E-state index in [0.717, 1.165) is 61.4 Å². The van der Waals surface area contributed by atoms with Gasteiger partial charge >= 0.3 is 0 Å². The summed E-state index contributed by atoms with van der Waals surface area (Å²) in [4.78, 5) is 6.94. The van der Waals surface area contributed by atoms with Gasteiger partial charge in [0.05, 0.1) is 0 Å². The van der Waals surface area contributed by atoms with E-state index in [-0.39, 0.29) is 24.0 Å². The molecule has 0 saturated carbocycles. The number of ether oxygens (including phenoxy) is 2. The predicted octanol–water partition coefficient (Wildman–Crippen LogP) is 2.96. The van der Waals surface area contributed by atoms with Gasteiger partial charge in [-0.05, 0) is 23.6 Å². The number of aromatic nitrogens is 3. The first kappa shape index (κ1) is 24.2. The first-order valence-electron chi connectivity index (χ1n) is 10.3. The molecule has 2 aromatic rings. The van der Waals surface area contributed by atoms with Gasteiger partial charge in [0.1, 0.15) is 25.4 Å². The van der Waals surface area contributed by atoms with Crippen LogP contribution in [0.5, 0.6) is 11.5 Å². The van der Waals surface area contributed by atoms with Crippen LogP contribution in [0.1, 0.15) is 32.2 Å². The number of aryl methyl sites for hydroxylation is 1. The van der Waals surface area contributed by atoms with Gasteiger partial charge in [0, 0.05) is 39.6 Å². The topological polar surface area (TPSA) is 76.8 Å². The maximum atomic E-state index is 5.71. The lowest BCUT2D eigenvalue weighted by Gasteiger charge is -2.24. The standard InChI is InChI=1S/C21H32N6O2.HI/c1-5-20-25-24-15-27(20)9-8-22-21(23-13-16(2)3)26(4)14-17-6-7-18-19(12-17)29-11-10-28-18;/h6-7,12,15-16H,5,8-11,13-14H2,1-4H3,(H,22,23);1H. The molecule has 2 heterocycles. The van der Waals surface area contributed by atoms with Crippen LogP contribution in [0.3, 0.4) is 0 Å². The van der Waals surface area contributed by atoms with Crippen molar-refractivity contribution >= 4 is 29.9 Å². The van der Waals surface area contributed by atoms with Crippen LogP contribution in [0.4, 0.5) is 0 Å². The van der Waals surface area contributed by atoms with Crippen molar-refractivity contribution in [2.75, 3.05) is 33.4 Å². The van der Waals surface area contributed by atoms with Crippen molar-refractivity contribution < 1.29 is 9.47 Å². The maximum absolute atomic E-state index is 5.71. The van der Waals surface area contributed by atoms with Gasteiger partial charge in [-0.1, -0.05) is 26.8 Å². The highest BCUT2D eigenvalue weighted by Gasteiger charge is 2.14. The number of hydrogen-bond donors (Lipinski definition) is 1. The van der Waals surface area contributed by atoms with Crippen LogP contribution in [-0.2, 0) is 19.5 Å². The Balaban J connectivity index is 0.00000320. The van der Waals surface area contributed by atoms with E-state index in [2.05, 4.69) is 64.9 Å². The first-order valence-corrected chi connectivity index (χ1v) is 10.3. The summed E-state index contributed by atoms with van der Waals surface area (Å²) in [6.45, 7) is 10.7. The third-order valence-corrected chi connectivity index (χ3v) is 4.64. The summed E-state index contributed by atoms with van der Waals surface area (Å²) >= 11 is 0. The van der Waals surface area contributed by atoms with E-state index in [9.17, 15) is 0 Å². The zero-order valence-electron chi connectivity index (χ0n) is 18.3. The highest BCUT2D eigenvalue weighted by Crippen LogP contribution is 2.31. The van der Waals surface area contributed by atoms with Gasteiger partial charge in [0.25, 0.3) is 0 Å². The van der Waals surface area contributed by atoms with Gasteiger partial charge in [-0.25, -0.2) is 0 Å². The number of halogens is 1. The summed E-state index contributed by atoms with van der Waals surface area (Å²) in [7, 11) is 2.05. The molecule has 1 aromatic heterocycles. The third kappa shape index (κ3) is 6.75. The molecule has 0 saturated heterocycles. The summed E-state index contributed by atoms with van der Waals surface area (Å²) in [5, 5.41) is 11.6. The van der Waals surface area contributed by atoms with Crippen molar-refractivity contribution in [2.45, 2.75) is 40.3 Å². The Morgan fingerprint density at radius 1 is 1.27 bits per heavy atom. The number of hydrogen-bond acceptors (Lipinski definition) is 5. The van der Waals surface area contributed by atoms with Gasteiger partial charge in [0.2, 0.25) is 0 Å². The second-order valence-electron chi connectivity index (χ2n) is 7.61.